The Morgan fingerprint density at radius 2 is 1.52 bits per heavy atom. The van der Waals surface area contributed by atoms with Crippen molar-refractivity contribution in [3.63, 3.8) is 0 Å². The van der Waals surface area contributed by atoms with Gasteiger partial charge in [0.15, 0.2) is 0 Å². The minimum absolute atomic E-state index is 0.0799. The monoisotopic (exact) mass is 460 g/mol. The molecule has 0 bridgehead atoms. The van der Waals surface area contributed by atoms with Crippen molar-refractivity contribution in [2.45, 2.75) is 118 Å². The van der Waals surface area contributed by atoms with Gasteiger partial charge in [-0.25, -0.2) is 0 Å². The number of allylic oxidation sites excluding steroid dienone is 2. The molecule has 3 nitrogen and oxygen atoms in total. The standard InChI is InChI=1S/C30H52O3/c1-17(2)20(5)18(3)15-19(4)22-9-11-24-25-12-10-23-21(6)26(31)13-14-29(23,8)30(25,33)27(32)16-28(22,24)7/h15,17,19-27,31-33H,9-14,16H2,1-8H3. The molecule has 0 aromatic rings. The van der Waals surface area contributed by atoms with Crippen molar-refractivity contribution in [2.24, 2.45) is 58.2 Å². The van der Waals surface area contributed by atoms with Crippen molar-refractivity contribution >= 4 is 0 Å². The largest absolute Gasteiger partial charge is 0.393 e. The first kappa shape index (κ1) is 25.7. The molecule has 4 saturated carbocycles. The van der Waals surface area contributed by atoms with Crippen LogP contribution in [0.5, 0.6) is 0 Å². The Bertz CT molecular complexity index is 760. The van der Waals surface area contributed by atoms with Gasteiger partial charge in [-0.1, -0.05) is 60.1 Å². The Labute approximate surface area is 203 Å². The van der Waals surface area contributed by atoms with E-state index < -0.39 is 11.7 Å². The lowest BCUT2D eigenvalue weighted by atomic mass is 9.40. The van der Waals surface area contributed by atoms with Gasteiger partial charge in [-0.3, -0.25) is 0 Å². The second kappa shape index (κ2) is 8.63. The van der Waals surface area contributed by atoms with Crippen molar-refractivity contribution in [3.05, 3.63) is 11.6 Å². The summed E-state index contributed by atoms with van der Waals surface area (Å²) in [6, 6.07) is 0. The maximum atomic E-state index is 12.4. The maximum Gasteiger partial charge on any atom is 0.0992 e. The fourth-order valence-electron chi connectivity index (χ4n) is 9.86. The van der Waals surface area contributed by atoms with Crippen LogP contribution in [0.3, 0.4) is 0 Å². The molecular weight excluding hydrogens is 408 g/mol. The predicted octanol–water partition coefficient (Wildman–Crippen LogP) is 6.21. The maximum absolute atomic E-state index is 12.4. The highest BCUT2D eigenvalue weighted by Gasteiger charge is 2.71. The second-order valence-corrected chi connectivity index (χ2v) is 13.8. The molecule has 12 atom stereocenters. The van der Waals surface area contributed by atoms with Gasteiger partial charge >= 0.3 is 0 Å². The summed E-state index contributed by atoms with van der Waals surface area (Å²) in [6.45, 7) is 18.5. The summed E-state index contributed by atoms with van der Waals surface area (Å²) in [6.07, 6.45) is 8.32. The topological polar surface area (TPSA) is 60.7 Å². The van der Waals surface area contributed by atoms with Crippen molar-refractivity contribution < 1.29 is 15.3 Å². The van der Waals surface area contributed by atoms with Gasteiger partial charge < -0.3 is 15.3 Å². The molecule has 0 radical (unpaired) electrons. The Kier molecular flexibility index (Phi) is 6.72. The lowest BCUT2D eigenvalue weighted by molar-refractivity contribution is -0.292. The summed E-state index contributed by atoms with van der Waals surface area (Å²) in [5.74, 6) is 3.45. The van der Waals surface area contributed by atoms with Gasteiger partial charge in [0.2, 0.25) is 0 Å². The molecule has 0 aromatic heterocycles. The third kappa shape index (κ3) is 3.61. The second-order valence-electron chi connectivity index (χ2n) is 13.8. The van der Waals surface area contributed by atoms with E-state index in [1.807, 2.05) is 0 Å². The highest BCUT2D eigenvalue weighted by Crippen LogP contribution is 2.70. The first-order chi connectivity index (χ1) is 15.3. The quantitative estimate of drug-likeness (QED) is 0.437. The molecule has 190 valence electrons. The summed E-state index contributed by atoms with van der Waals surface area (Å²) < 4.78 is 0. The summed E-state index contributed by atoms with van der Waals surface area (Å²) in [7, 11) is 0. The number of aliphatic hydroxyl groups excluding tert-OH is 2. The fraction of sp³-hybridized carbons (Fsp3) is 0.933. The van der Waals surface area contributed by atoms with Crippen LogP contribution in [0.1, 0.15) is 100 Å². The molecule has 0 spiro atoms. The zero-order valence-corrected chi connectivity index (χ0v) is 22.6. The first-order valence-electron chi connectivity index (χ1n) is 14.1. The lowest BCUT2D eigenvalue weighted by Crippen LogP contribution is -2.72. The molecule has 0 aromatic carbocycles. The average molecular weight is 461 g/mol. The number of hydrogen-bond acceptors (Lipinski definition) is 3. The minimum atomic E-state index is -1.02. The zero-order valence-electron chi connectivity index (χ0n) is 22.6. The molecule has 4 aliphatic rings. The van der Waals surface area contributed by atoms with E-state index in [9.17, 15) is 15.3 Å². The van der Waals surface area contributed by atoms with Gasteiger partial charge in [-0.15, -0.1) is 0 Å². The van der Waals surface area contributed by atoms with Gasteiger partial charge in [0.05, 0.1) is 17.8 Å². The van der Waals surface area contributed by atoms with E-state index >= 15 is 0 Å². The van der Waals surface area contributed by atoms with E-state index in [2.05, 4.69) is 61.5 Å². The van der Waals surface area contributed by atoms with E-state index in [0.29, 0.717) is 41.9 Å². The third-order valence-corrected chi connectivity index (χ3v) is 12.3. The first-order valence-corrected chi connectivity index (χ1v) is 14.1. The summed E-state index contributed by atoms with van der Waals surface area (Å²) in [4.78, 5) is 0. The van der Waals surface area contributed by atoms with Gasteiger partial charge in [-0.2, -0.15) is 0 Å². The molecule has 4 aliphatic carbocycles. The van der Waals surface area contributed by atoms with Crippen LogP contribution in [0.15, 0.2) is 11.6 Å². The van der Waals surface area contributed by atoms with Crippen LogP contribution in [0.4, 0.5) is 0 Å². The predicted molar refractivity (Wildman–Crippen MR) is 136 cm³/mol. The van der Waals surface area contributed by atoms with E-state index in [-0.39, 0.29) is 28.8 Å². The highest BCUT2D eigenvalue weighted by molar-refractivity contribution is 5.21. The van der Waals surface area contributed by atoms with Crippen LogP contribution in [0, 0.1) is 58.2 Å². The van der Waals surface area contributed by atoms with E-state index in [4.69, 9.17) is 0 Å². The molecule has 0 aliphatic heterocycles. The summed E-state index contributed by atoms with van der Waals surface area (Å²) in [5.41, 5.74) is 0.253. The molecule has 33 heavy (non-hydrogen) atoms. The highest BCUT2D eigenvalue weighted by atomic mass is 16.3. The molecule has 0 saturated heterocycles. The number of hydrogen-bond donors (Lipinski definition) is 3. The Balaban J connectivity index is 1.63. The fourth-order valence-corrected chi connectivity index (χ4v) is 9.86. The van der Waals surface area contributed by atoms with Gasteiger partial charge in [0.25, 0.3) is 0 Å². The summed E-state index contributed by atoms with van der Waals surface area (Å²) in [5, 5.41) is 34.7. The lowest BCUT2D eigenvalue weighted by Gasteiger charge is -2.67. The van der Waals surface area contributed by atoms with Crippen molar-refractivity contribution in [2.75, 3.05) is 0 Å². The van der Waals surface area contributed by atoms with Crippen LogP contribution in [0.2, 0.25) is 0 Å². The Hall–Kier alpha value is -0.380. The molecule has 0 amide bonds. The molecule has 0 heterocycles. The van der Waals surface area contributed by atoms with Crippen LogP contribution >= 0.6 is 0 Å². The molecular formula is C30H52O3. The van der Waals surface area contributed by atoms with Gasteiger partial charge in [-0.05, 0) is 105 Å². The van der Waals surface area contributed by atoms with E-state index in [1.165, 1.54) is 18.4 Å². The number of rotatable bonds is 4. The third-order valence-electron chi connectivity index (χ3n) is 12.3. The molecule has 12 unspecified atom stereocenters. The van der Waals surface area contributed by atoms with Crippen molar-refractivity contribution in [1.29, 1.82) is 0 Å². The van der Waals surface area contributed by atoms with Crippen LogP contribution < -0.4 is 0 Å². The van der Waals surface area contributed by atoms with Crippen LogP contribution in [0.25, 0.3) is 0 Å². The van der Waals surface area contributed by atoms with Gasteiger partial charge in [0.1, 0.15) is 0 Å². The van der Waals surface area contributed by atoms with Crippen molar-refractivity contribution in [1.82, 2.24) is 0 Å². The van der Waals surface area contributed by atoms with Crippen LogP contribution in [-0.4, -0.2) is 33.1 Å². The number of aliphatic hydroxyl groups is 3. The van der Waals surface area contributed by atoms with E-state index in [0.717, 1.165) is 25.7 Å². The molecule has 3 heteroatoms. The molecule has 4 rings (SSSR count). The SMILES string of the molecule is CC(=CC(C)C1CCC2C3CCC4C(C)C(O)CCC4(C)C3(O)C(O)CC12C)C(C)C(C)C. The van der Waals surface area contributed by atoms with Crippen molar-refractivity contribution in [3.8, 4) is 0 Å². The Morgan fingerprint density at radius 3 is 2.15 bits per heavy atom. The molecule has 4 fully saturated rings. The van der Waals surface area contributed by atoms with E-state index in [1.54, 1.807) is 0 Å². The van der Waals surface area contributed by atoms with Crippen LogP contribution in [-0.2, 0) is 0 Å². The summed E-state index contributed by atoms with van der Waals surface area (Å²) >= 11 is 0. The normalized spacial score (nSPS) is 52.1. The number of fused-ring (bicyclic) bond motifs is 5. The molecule has 3 N–H and O–H groups in total. The smallest absolute Gasteiger partial charge is 0.0992 e. The minimum Gasteiger partial charge on any atom is -0.393 e. The zero-order chi connectivity index (χ0) is 24.5. The van der Waals surface area contributed by atoms with Gasteiger partial charge in [0, 0.05) is 5.41 Å². The average Bonchev–Trinajstić information content (AvgIpc) is 3.08. The Morgan fingerprint density at radius 1 is 0.909 bits per heavy atom.